The number of morpholine rings is 1. The van der Waals surface area contributed by atoms with Crippen LogP contribution in [-0.2, 0) is 17.8 Å². The first-order chi connectivity index (χ1) is 15.2. The van der Waals surface area contributed by atoms with Crippen LogP contribution in [0.4, 0.5) is 0 Å². The molecule has 0 radical (unpaired) electrons. The summed E-state index contributed by atoms with van der Waals surface area (Å²) in [5.74, 6) is 0.905. The zero-order chi connectivity index (χ0) is 21.9. The molecule has 0 aromatic heterocycles. The number of hydrogen-bond donors (Lipinski definition) is 2. The van der Waals surface area contributed by atoms with Gasteiger partial charge in [0.1, 0.15) is 0 Å². The molecule has 2 aliphatic heterocycles. The van der Waals surface area contributed by atoms with E-state index in [1.807, 2.05) is 0 Å². The summed E-state index contributed by atoms with van der Waals surface area (Å²) < 4.78 is 5.49. The summed E-state index contributed by atoms with van der Waals surface area (Å²) in [6.45, 7) is 19.6. The SMILES string of the molecule is CCNC(=NCc1ccccc1CN1CCOCC1)NCC(C)N1CCN(CC)CC1.I. The van der Waals surface area contributed by atoms with E-state index in [4.69, 9.17) is 9.73 Å². The summed E-state index contributed by atoms with van der Waals surface area (Å²) in [6.07, 6.45) is 0. The van der Waals surface area contributed by atoms with E-state index in [1.54, 1.807) is 0 Å². The minimum Gasteiger partial charge on any atom is -0.379 e. The first-order valence-electron chi connectivity index (χ1n) is 12.0. The molecule has 32 heavy (non-hydrogen) atoms. The number of hydrogen-bond acceptors (Lipinski definition) is 5. The molecule has 7 nitrogen and oxygen atoms in total. The Kier molecular flexibility index (Phi) is 12.8. The van der Waals surface area contributed by atoms with Gasteiger partial charge in [-0.3, -0.25) is 9.80 Å². The van der Waals surface area contributed by atoms with Crippen LogP contribution in [0.3, 0.4) is 0 Å². The van der Waals surface area contributed by atoms with Gasteiger partial charge in [-0.2, -0.15) is 0 Å². The standard InChI is InChI=1S/C24H42N6O.HI/c1-4-25-24(26-18-21(3)30-12-10-28(5-2)11-13-30)27-19-22-8-6-7-9-23(22)20-29-14-16-31-17-15-29;/h6-9,21H,4-5,10-20H2,1-3H3,(H2,25,26,27);1H. The Labute approximate surface area is 212 Å². The molecule has 1 unspecified atom stereocenters. The maximum Gasteiger partial charge on any atom is 0.191 e. The molecular formula is C24H43IN6O. The van der Waals surface area contributed by atoms with Gasteiger partial charge in [-0.1, -0.05) is 31.2 Å². The lowest BCUT2D eigenvalue weighted by atomic mass is 10.1. The van der Waals surface area contributed by atoms with Crippen molar-refractivity contribution in [1.82, 2.24) is 25.3 Å². The van der Waals surface area contributed by atoms with Gasteiger partial charge >= 0.3 is 0 Å². The zero-order valence-electron chi connectivity index (χ0n) is 20.2. The molecule has 0 saturated carbocycles. The van der Waals surface area contributed by atoms with Crippen molar-refractivity contribution in [2.75, 3.05) is 72.1 Å². The summed E-state index contributed by atoms with van der Waals surface area (Å²) in [4.78, 5) is 12.5. The third kappa shape index (κ3) is 8.78. The van der Waals surface area contributed by atoms with Crippen molar-refractivity contribution >= 4 is 29.9 Å². The van der Waals surface area contributed by atoms with Crippen molar-refractivity contribution in [3.8, 4) is 0 Å². The van der Waals surface area contributed by atoms with Crippen LogP contribution in [0.2, 0.25) is 0 Å². The number of benzene rings is 1. The smallest absolute Gasteiger partial charge is 0.191 e. The monoisotopic (exact) mass is 558 g/mol. The maximum atomic E-state index is 5.49. The molecule has 2 heterocycles. The van der Waals surface area contributed by atoms with E-state index in [1.165, 1.54) is 24.2 Å². The molecule has 1 aromatic rings. The van der Waals surface area contributed by atoms with Crippen LogP contribution < -0.4 is 10.6 Å². The lowest BCUT2D eigenvalue weighted by Gasteiger charge is -2.37. The third-order valence-corrected chi connectivity index (χ3v) is 6.41. The second-order valence-corrected chi connectivity index (χ2v) is 8.55. The number of guanidine groups is 1. The van der Waals surface area contributed by atoms with Gasteiger partial charge in [-0.15, -0.1) is 24.0 Å². The fourth-order valence-electron chi connectivity index (χ4n) is 4.27. The number of ether oxygens (including phenoxy) is 1. The fraction of sp³-hybridized carbons (Fsp3) is 0.708. The molecule has 0 bridgehead atoms. The second kappa shape index (κ2) is 15.1. The summed E-state index contributed by atoms with van der Waals surface area (Å²) in [7, 11) is 0. The average Bonchev–Trinajstić information content (AvgIpc) is 2.82. The Morgan fingerprint density at radius 1 is 0.969 bits per heavy atom. The highest BCUT2D eigenvalue weighted by molar-refractivity contribution is 14.0. The van der Waals surface area contributed by atoms with Crippen LogP contribution in [0.25, 0.3) is 0 Å². The van der Waals surface area contributed by atoms with E-state index < -0.39 is 0 Å². The Morgan fingerprint density at radius 3 is 2.31 bits per heavy atom. The number of nitrogens with one attached hydrogen (secondary N) is 2. The minimum atomic E-state index is 0. The fourth-order valence-corrected chi connectivity index (χ4v) is 4.27. The maximum absolute atomic E-state index is 5.49. The van der Waals surface area contributed by atoms with Gasteiger partial charge in [0.05, 0.1) is 19.8 Å². The Hall–Kier alpha value is -0.940. The normalized spacial score (nSPS) is 19.9. The van der Waals surface area contributed by atoms with Crippen molar-refractivity contribution in [1.29, 1.82) is 0 Å². The van der Waals surface area contributed by atoms with Crippen LogP contribution in [0.15, 0.2) is 29.3 Å². The largest absolute Gasteiger partial charge is 0.379 e. The Balaban J connectivity index is 0.00000363. The summed E-state index contributed by atoms with van der Waals surface area (Å²) in [5, 5.41) is 6.98. The number of piperazine rings is 1. The van der Waals surface area contributed by atoms with Gasteiger partial charge in [0.15, 0.2) is 5.96 Å². The molecule has 0 spiro atoms. The van der Waals surface area contributed by atoms with Crippen LogP contribution in [0, 0.1) is 0 Å². The van der Waals surface area contributed by atoms with Crippen LogP contribution >= 0.6 is 24.0 Å². The number of halogens is 1. The zero-order valence-corrected chi connectivity index (χ0v) is 22.5. The van der Waals surface area contributed by atoms with E-state index in [-0.39, 0.29) is 24.0 Å². The lowest BCUT2D eigenvalue weighted by molar-refractivity contribution is 0.0341. The Morgan fingerprint density at radius 2 is 1.66 bits per heavy atom. The van der Waals surface area contributed by atoms with Crippen LogP contribution in [0.1, 0.15) is 31.9 Å². The van der Waals surface area contributed by atoms with Gasteiger partial charge < -0.3 is 20.3 Å². The first-order valence-corrected chi connectivity index (χ1v) is 12.0. The molecule has 3 rings (SSSR count). The molecule has 182 valence electrons. The summed E-state index contributed by atoms with van der Waals surface area (Å²) in [5.41, 5.74) is 2.67. The van der Waals surface area contributed by atoms with Crippen molar-refractivity contribution in [3.05, 3.63) is 35.4 Å². The molecule has 2 saturated heterocycles. The predicted octanol–water partition coefficient (Wildman–Crippen LogP) is 2.22. The number of aliphatic imine (C=N–C) groups is 1. The number of nitrogens with zero attached hydrogens (tertiary/aromatic N) is 4. The van der Waals surface area contributed by atoms with Gasteiger partial charge in [0.2, 0.25) is 0 Å². The average molecular weight is 559 g/mol. The quantitative estimate of drug-likeness (QED) is 0.276. The molecule has 2 aliphatic rings. The molecule has 1 aromatic carbocycles. The van der Waals surface area contributed by atoms with Gasteiger partial charge in [0, 0.05) is 64.9 Å². The van der Waals surface area contributed by atoms with Crippen molar-refractivity contribution in [2.24, 2.45) is 4.99 Å². The first kappa shape index (κ1) is 27.3. The predicted molar refractivity (Wildman–Crippen MR) is 144 cm³/mol. The van der Waals surface area contributed by atoms with Crippen molar-refractivity contribution < 1.29 is 4.74 Å². The highest BCUT2D eigenvalue weighted by Gasteiger charge is 2.20. The van der Waals surface area contributed by atoms with Crippen LogP contribution in [0.5, 0.6) is 0 Å². The van der Waals surface area contributed by atoms with Crippen molar-refractivity contribution in [3.63, 3.8) is 0 Å². The van der Waals surface area contributed by atoms with E-state index in [0.717, 1.165) is 71.5 Å². The summed E-state index contributed by atoms with van der Waals surface area (Å²) >= 11 is 0. The van der Waals surface area contributed by atoms with E-state index >= 15 is 0 Å². The molecule has 1 atom stereocenters. The number of likely N-dealkylation sites (N-methyl/N-ethyl adjacent to an activating group) is 1. The lowest BCUT2D eigenvalue weighted by Crippen LogP contribution is -2.53. The van der Waals surface area contributed by atoms with Gasteiger partial charge in [-0.05, 0) is 31.5 Å². The molecule has 2 N–H and O–H groups in total. The third-order valence-electron chi connectivity index (χ3n) is 6.41. The van der Waals surface area contributed by atoms with E-state index in [2.05, 4.69) is 70.4 Å². The minimum absolute atomic E-state index is 0. The Bertz CT molecular complexity index is 674. The topological polar surface area (TPSA) is 55.4 Å². The molecule has 2 fully saturated rings. The van der Waals surface area contributed by atoms with Crippen LogP contribution in [-0.4, -0.2) is 98.8 Å². The molecule has 0 aliphatic carbocycles. The second-order valence-electron chi connectivity index (χ2n) is 8.55. The highest BCUT2D eigenvalue weighted by Crippen LogP contribution is 2.14. The van der Waals surface area contributed by atoms with Crippen molar-refractivity contribution in [2.45, 2.75) is 39.9 Å². The molecular weight excluding hydrogens is 515 g/mol. The van der Waals surface area contributed by atoms with E-state index in [0.29, 0.717) is 12.6 Å². The van der Waals surface area contributed by atoms with Gasteiger partial charge in [0.25, 0.3) is 0 Å². The molecule has 0 amide bonds. The highest BCUT2D eigenvalue weighted by atomic mass is 127. The van der Waals surface area contributed by atoms with E-state index in [9.17, 15) is 0 Å². The number of rotatable bonds is 9. The van der Waals surface area contributed by atoms with Gasteiger partial charge in [-0.25, -0.2) is 4.99 Å². The summed E-state index contributed by atoms with van der Waals surface area (Å²) in [6, 6.07) is 9.19. The molecule has 8 heteroatoms.